The third-order valence-corrected chi connectivity index (χ3v) is 10.4. The van der Waals surface area contributed by atoms with Crippen LogP contribution in [0.1, 0.15) is 17.5 Å². The largest absolute Gasteiger partial charge is 0.383 e. The van der Waals surface area contributed by atoms with Gasteiger partial charge in [-0.05, 0) is 42.8 Å². The Morgan fingerprint density at radius 1 is 0.698 bits per heavy atom. The van der Waals surface area contributed by atoms with Gasteiger partial charge in [-0.3, -0.25) is 5.41 Å². The molecule has 0 spiro atoms. The predicted octanol–water partition coefficient (Wildman–Crippen LogP) is 10.7. The monoisotopic (exact) mass is 683 g/mol. The molecule has 0 amide bonds. The zero-order chi connectivity index (χ0) is 35.6. The van der Waals surface area contributed by atoms with Crippen LogP contribution < -0.4 is 5.73 Å². The van der Waals surface area contributed by atoms with Crippen molar-refractivity contribution in [3.63, 3.8) is 0 Å². The Hall–Kier alpha value is -7.25. The van der Waals surface area contributed by atoms with Crippen molar-refractivity contribution in [2.75, 3.05) is 0 Å². The smallest absolute Gasteiger partial charge is 0.154 e. The molecule has 1 aliphatic carbocycles. The maximum atomic E-state index is 8.65. The first-order valence-electron chi connectivity index (χ1n) is 17.7. The highest BCUT2D eigenvalue weighted by atomic mass is 15.0. The number of H-pyrrole nitrogens is 1. The molecule has 6 aromatic carbocycles. The highest BCUT2D eigenvalue weighted by Crippen LogP contribution is 2.39. The van der Waals surface area contributed by atoms with Crippen molar-refractivity contribution < 1.29 is 0 Å². The minimum Gasteiger partial charge on any atom is -0.383 e. The van der Waals surface area contributed by atoms with Crippen LogP contribution in [0, 0.1) is 10.8 Å². The molecule has 3 aromatic heterocycles. The van der Waals surface area contributed by atoms with E-state index in [0.717, 1.165) is 83.4 Å². The normalized spacial score (nSPS) is 13.5. The van der Waals surface area contributed by atoms with Crippen LogP contribution in [-0.2, 0) is 0 Å². The van der Waals surface area contributed by atoms with E-state index >= 15 is 0 Å². The average Bonchev–Trinajstić information content (AvgIpc) is 3.53. The van der Waals surface area contributed by atoms with Crippen LogP contribution in [0.4, 0.5) is 0 Å². The maximum Gasteiger partial charge on any atom is 0.154 e. The Morgan fingerprint density at radius 3 is 2.26 bits per heavy atom. The minimum absolute atomic E-state index is 0.120. The van der Waals surface area contributed by atoms with Crippen molar-refractivity contribution in [2.24, 2.45) is 10.7 Å². The SMILES string of the molecule is N=Cc1cccc2c1[nH]c1cc3c(cc1n1c4ccccc4c4cccc2c41)c1ccccc1n3-c1cccc(C(N)=NC(=N)C2=CC=CCC=C2)c1. The van der Waals surface area contributed by atoms with Crippen molar-refractivity contribution in [1.82, 2.24) is 14.0 Å². The summed E-state index contributed by atoms with van der Waals surface area (Å²) in [5.41, 5.74) is 17.0. The van der Waals surface area contributed by atoms with Gasteiger partial charge in [0.2, 0.25) is 0 Å². The molecule has 53 heavy (non-hydrogen) atoms. The molecule has 0 atom stereocenters. The van der Waals surface area contributed by atoms with E-state index in [1.165, 1.54) is 17.0 Å². The lowest BCUT2D eigenvalue weighted by Crippen LogP contribution is -2.16. The van der Waals surface area contributed by atoms with E-state index < -0.39 is 0 Å². The number of hydrogen-bond donors (Lipinski definition) is 4. The fourth-order valence-corrected chi connectivity index (χ4v) is 8.03. The number of nitrogens with two attached hydrogens (primary N) is 1. The number of nitrogens with one attached hydrogen (secondary N) is 3. The third-order valence-electron chi connectivity index (χ3n) is 10.4. The van der Waals surface area contributed by atoms with Crippen molar-refractivity contribution in [2.45, 2.75) is 6.42 Å². The molecule has 0 bridgehead atoms. The first kappa shape index (κ1) is 30.6. The second kappa shape index (κ2) is 11.9. The number of para-hydroxylation sites is 4. The van der Waals surface area contributed by atoms with Gasteiger partial charge in [0.1, 0.15) is 5.84 Å². The van der Waals surface area contributed by atoms with Crippen LogP contribution in [0.15, 0.2) is 162 Å². The van der Waals surface area contributed by atoms with Crippen LogP contribution in [0.25, 0.3) is 76.6 Å². The molecule has 7 heteroatoms. The van der Waals surface area contributed by atoms with Crippen LogP contribution in [0.2, 0.25) is 0 Å². The first-order valence-corrected chi connectivity index (χ1v) is 17.7. The van der Waals surface area contributed by atoms with Gasteiger partial charge in [0.15, 0.2) is 5.84 Å². The molecule has 1 aliphatic rings. The molecule has 10 rings (SSSR count). The molecule has 0 unspecified atom stereocenters. The second-order valence-corrected chi connectivity index (χ2v) is 13.4. The number of aliphatic imine (C=N–C) groups is 1. The van der Waals surface area contributed by atoms with Crippen LogP contribution in [-0.4, -0.2) is 31.8 Å². The lowest BCUT2D eigenvalue weighted by Gasteiger charge is -2.12. The van der Waals surface area contributed by atoms with E-state index in [1.807, 2.05) is 60.7 Å². The fourth-order valence-electron chi connectivity index (χ4n) is 8.03. The Labute approximate surface area is 304 Å². The van der Waals surface area contributed by atoms with Gasteiger partial charge < -0.3 is 25.1 Å². The number of fused-ring (bicyclic) bond motifs is 10. The zero-order valence-corrected chi connectivity index (χ0v) is 28.6. The van der Waals surface area contributed by atoms with E-state index in [1.54, 1.807) is 0 Å². The van der Waals surface area contributed by atoms with Gasteiger partial charge in [0.25, 0.3) is 0 Å². The molecule has 9 aromatic rings. The van der Waals surface area contributed by atoms with Gasteiger partial charge in [-0.2, -0.15) is 0 Å². The summed E-state index contributed by atoms with van der Waals surface area (Å²) in [6.07, 6.45) is 12.0. The summed E-state index contributed by atoms with van der Waals surface area (Å²) in [5, 5.41) is 23.8. The van der Waals surface area contributed by atoms with Crippen molar-refractivity contribution >= 4 is 88.8 Å². The van der Waals surface area contributed by atoms with Gasteiger partial charge in [-0.1, -0.05) is 115 Å². The molecular formula is C46H33N7. The molecule has 5 N–H and O–H groups in total. The Balaban J connectivity index is 1.30. The predicted molar refractivity (Wildman–Crippen MR) is 222 cm³/mol. The Morgan fingerprint density at radius 2 is 1.42 bits per heavy atom. The third kappa shape index (κ3) is 4.71. The summed E-state index contributed by atoms with van der Waals surface area (Å²) >= 11 is 0. The highest BCUT2D eigenvalue weighted by molar-refractivity contribution is 6.22. The summed E-state index contributed by atoms with van der Waals surface area (Å²) in [5.74, 6) is 0.403. The standard InChI is InChI=1S/C46H33N7/c47-27-30-15-10-19-34-36-21-11-20-35-32-17-5-8-23-40(32)53(44(35)36)42-25-37-33-18-6-7-22-39(33)52(41(37)26-38(42)50-43(30)34)31-16-9-14-29(24-31)46(49)51-45(48)28-12-3-1-2-4-13-28/h1,3-27,47,50H,2H2,(H3,48,49,51). The van der Waals surface area contributed by atoms with Gasteiger partial charge in [0.05, 0.1) is 38.6 Å². The molecule has 0 saturated carbocycles. The number of benzene rings is 6. The minimum atomic E-state index is 0.120. The summed E-state index contributed by atoms with van der Waals surface area (Å²) in [4.78, 5) is 8.35. The number of rotatable bonds is 4. The summed E-state index contributed by atoms with van der Waals surface area (Å²) in [6.45, 7) is 0. The topological polar surface area (TPSA) is 111 Å². The Bertz CT molecular complexity index is 3190. The Kier molecular flexibility index (Phi) is 6.88. The molecule has 0 fully saturated rings. The number of aromatic nitrogens is 3. The number of aromatic amines is 1. The lowest BCUT2D eigenvalue weighted by atomic mass is 10.0. The van der Waals surface area contributed by atoms with E-state index in [2.05, 4.69) is 110 Å². The molecule has 0 saturated heterocycles. The van der Waals surface area contributed by atoms with Crippen molar-refractivity contribution in [3.05, 3.63) is 168 Å². The molecule has 7 nitrogen and oxygen atoms in total. The number of amidine groups is 2. The van der Waals surface area contributed by atoms with Crippen molar-refractivity contribution in [3.8, 4) is 5.69 Å². The van der Waals surface area contributed by atoms with Crippen LogP contribution >= 0.6 is 0 Å². The highest BCUT2D eigenvalue weighted by Gasteiger charge is 2.19. The molecule has 0 aliphatic heterocycles. The lowest BCUT2D eigenvalue weighted by molar-refractivity contribution is 1.18. The van der Waals surface area contributed by atoms with Gasteiger partial charge in [-0.25, -0.2) is 4.99 Å². The molecule has 252 valence electrons. The van der Waals surface area contributed by atoms with Gasteiger partial charge in [-0.15, -0.1) is 0 Å². The summed E-state index contributed by atoms with van der Waals surface area (Å²) < 4.78 is 4.67. The summed E-state index contributed by atoms with van der Waals surface area (Å²) in [7, 11) is 0. The molecule has 3 heterocycles. The van der Waals surface area contributed by atoms with E-state index in [0.29, 0.717) is 5.57 Å². The number of hydrogen-bond acceptors (Lipinski definition) is 2. The maximum absolute atomic E-state index is 8.65. The number of allylic oxidation sites excluding steroid dienone is 4. The van der Waals surface area contributed by atoms with Crippen LogP contribution in [0.3, 0.4) is 0 Å². The van der Waals surface area contributed by atoms with Gasteiger partial charge >= 0.3 is 0 Å². The number of nitrogens with zero attached hydrogens (tertiary/aromatic N) is 3. The van der Waals surface area contributed by atoms with Crippen molar-refractivity contribution in [1.29, 1.82) is 10.8 Å². The molecular weight excluding hydrogens is 651 g/mol. The fraction of sp³-hybridized carbons (Fsp3) is 0.0217. The molecule has 0 radical (unpaired) electrons. The van der Waals surface area contributed by atoms with Crippen LogP contribution in [0.5, 0.6) is 0 Å². The van der Waals surface area contributed by atoms with E-state index in [9.17, 15) is 0 Å². The zero-order valence-electron chi connectivity index (χ0n) is 28.6. The first-order chi connectivity index (χ1) is 26.1. The van der Waals surface area contributed by atoms with E-state index in [4.69, 9.17) is 16.6 Å². The summed E-state index contributed by atoms with van der Waals surface area (Å²) in [6, 6.07) is 42.4. The van der Waals surface area contributed by atoms with E-state index in [-0.39, 0.29) is 11.7 Å². The van der Waals surface area contributed by atoms with Gasteiger partial charge in [0, 0.05) is 60.9 Å². The quantitative estimate of drug-likeness (QED) is 0.107. The second-order valence-electron chi connectivity index (χ2n) is 13.4. The average molecular weight is 684 g/mol.